The van der Waals surface area contributed by atoms with Gasteiger partial charge in [-0.15, -0.1) is 0 Å². The van der Waals surface area contributed by atoms with Crippen molar-refractivity contribution in [2.75, 3.05) is 7.11 Å². The van der Waals surface area contributed by atoms with Crippen molar-refractivity contribution in [2.24, 2.45) is 0 Å². The van der Waals surface area contributed by atoms with Crippen molar-refractivity contribution in [1.29, 1.82) is 0 Å². The molecule has 0 N–H and O–H groups in total. The Kier molecular flexibility index (Phi) is 6.04. The van der Waals surface area contributed by atoms with E-state index in [4.69, 9.17) is 23.4 Å². The summed E-state index contributed by atoms with van der Waals surface area (Å²) in [6.45, 7) is 3.49. The van der Waals surface area contributed by atoms with Crippen LogP contribution < -0.4 is 0 Å². The van der Waals surface area contributed by atoms with Crippen molar-refractivity contribution in [3.05, 3.63) is 30.2 Å². The summed E-state index contributed by atoms with van der Waals surface area (Å²) in [5.74, 6) is -2.67. The number of carbonyl (C=O) groups is 4. The van der Waals surface area contributed by atoms with E-state index in [1.54, 1.807) is 12.1 Å². The van der Waals surface area contributed by atoms with Crippen LogP contribution in [0.25, 0.3) is 5.57 Å². The topological polar surface area (TPSA) is 118 Å². The van der Waals surface area contributed by atoms with E-state index in [2.05, 4.69) is 0 Å². The van der Waals surface area contributed by atoms with Gasteiger partial charge in [-0.25, -0.2) is 4.79 Å². The molecule has 9 heteroatoms. The molecule has 0 aromatic carbocycles. The fourth-order valence-corrected chi connectivity index (χ4v) is 2.97. The highest BCUT2D eigenvalue weighted by Crippen LogP contribution is 2.39. The van der Waals surface area contributed by atoms with Crippen LogP contribution in [-0.2, 0) is 38.1 Å². The minimum atomic E-state index is -1.88. The molecule has 0 bridgehead atoms. The molecular weight excluding hydrogens is 360 g/mol. The van der Waals surface area contributed by atoms with Crippen LogP contribution in [0.1, 0.15) is 33.0 Å². The molecule has 0 fully saturated rings. The number of hydrogen-bond donors (Lipinski definition) is 0. The summed E-state index contributed by atoms with van der Waals surface area (Å²) in [4.78, 5) is 47.3. The predicted octanol–water partition coefficient (Wildman–Crippen LogP) is 1.40. The van der Waals surface area contributed by atoms with Crippen molar-refractivity contribution in [1.82, 2.24) is 0 Å². The molecule has 3 atom stereocenters. The van der Waals surface area contributed by atoms with Crippen LogP contribution in [0.4, 0.5) is 0 Å². The highest BCUT2D eigenvalue weighted by atomic mass is 16.6. The molecule has 0 saturated carbocycles. The zero-order valence-electron chi connectivity index (χ0n) is 15.3. The average Bonchev–Trinajstić information content (AvgIpc) is 3.09. The first-order valence-corrected chi connectivity index (χ1v) is 8.07. The molecule has 0 radical (unpaired) electrons. The molecule has 1 aliphatic rings. The zero-order chi connectivity index (χ0) is 20.2. The summed E-state index contributed by atoms with van der Waals surface area (Å²) in [7, 11) is 1.13. The summed E-state index contributed by atoms with van der Waals surface area (Å²) < 4.78 is 26.0. The minimum Gasteiger partial charge on any atom is -0.466 e. The number of rotatable bonds is 5. The third-order valence-corrected chi connectivity index (χ3v) is 3.81. The summed E-state index contributed by atoms with van der Waals surface area (Å²) in [5, 5.41) is 0. The lowest BCUT2D eigenvalue weighted by atomic mass is 9.81. The first-order valence-electron chi connectivity index (χ1n) is 8.07. The first kappa shape index (κ1) is 20.2. The average molecular weight is 380 g/mol. The normalized spacial score (nSPS) is 24.4. The van der Waals surface area contributed by atoms with Gasteiger partial charge in [0.25, 0.3) is 0 Å². The van der Waals surface area contributed by atoms with Gasteiger partial charge < -0.3 is 23.4 Å². The second kappa shape index (κ2) is 8.07. The van der Waals surface area contributed by atoms with Crippen molar-refractivity contribution < 1.29 is 42.5 Å². The molecule has 0 spiro atoms. The minimum absolute atomic E-state index is 0.208. The van der Waals surface area contributed by atoms with Crippen molar-refractivity contribution in [3.8, 4) is 0 Å². The number of carbonyl (C=O) groups excluding carboxylic acids is 4. The van der Waals surface area contributed by atoms with Gasteiger partial charge in [0.05, 0.1) is 13.4 Å². The molecule has 9 nitrogen and oxygen atoms in total. The number of hydrogen-bond acceptors (Lipinski definition) is 9. The number of methoxy groups -OCH3 is 1. The van der Waals surface area contributed by atoms with E-state index in [1.807, 2.05) is 0 Å². The molecule has 146 valence electrons. The molecule has 1 heterocycles. The quantitative estimate of drug-likeness (QED) is 0.551. The molecule has 2 rings (SSSR count). The fraction of sp³-hybridized carbons (Fsp3) is 0.444. The molecule has 1 aromatic rings. The van der Waals surface area contributed by atoms with E-state index >= 15 is 0 Å². The Bertz CT molecular complexity index is 762. The Morgan fingerprint density at radius 1 is 1.07 bits per heavy atom. The summed E-state index contributed by atoms with van der Waals surface area (Å²) in [6.07, 6.45) is 0.205. The second-order valence-corrected chi connectivity index (χ2v) is 5.93. The van der Waals surface area contributed by atoms with Gasteiger partial charge >= 0.3 is 23.9 Å². The highest BCUT2D eigenvalue weighted by Gasteiger charge is 2.52. The van der Waals surface area contributed by atoms with Crippen LogP contribution in [0.15, 0.2) is 28.9 Å². The Hall–Kier alpha value is -3.10. The Balaban J connectivity index is 2.66. The monoisotopic (exact) mass is 380 g/mol. The van der Waals surface area contributed by atoms with E-state index in [-0.39, 0.29) is 17.8 Å². The molecular formula is C18H20O9. The van der Waals surface area contributed by atoms with Crippen molar-refractivity contribution in [2.45, 2.75) is 45.0 Å². The van der Waals surface area contributed by atoms with E-state index < -0.39 is 41.7 Å². The molecule has 0 amide bonds. The molecule has 1 aromatic heterocycles. The van der Waals surface area contributed by atoms with Gasteiger partial charge in [0.2, 0.25) is 5.60 Å². The van der Waals surface area contributed by atoms with Gasteiger partial charge in [0, 0.05) is 32.8 Å². The standard InChI is InChI=1S/C18H20O9/c1-10(19)25-15-9-18(17(22)23-4,27-12(3)21)8-13(14-6-5-7-24-14)16(15)26-11(2)20/h5-8,15-16H,9H2,1-4H3. The van der Waals surface area contributed by atoms with Crippen molar-refractivity contribution in [3.63, 3.8) is 0 Å². The van der Waals surface area contributed by atoms with E-state index in [9.17, 15) is 19.2 Å². The van der Waals surface area contributed by atoms with Crippen LogP contribution in [0.3, 0.4) is 0 Å². The number of furan rings is 1. The molecule has 0 saturated heterocycles. The lowest BCUT2D eigenvalue weighted by molar-refractivity contribution is -0.184. The summed E-state index contributed by atoms with van der Waals surface area (Å²) in [5.41, 5.74) is -1.67. The maximum atomic E-state index is 12.5. The lowest BCUT2D eigenvalue weighted by Crippen LogP contribution is -2.52. The third-order valence-electron chi connectivity index (χ3n) is 3.81. The second-order valence-electron chi connectivity index (χ2n) is 5.93. The summed E-state index contributed by atoms with van der Waals surface area (Å²) >= 11 is 0. The Morgan fingerprint density at radius 3 is 2.22 bits per heavy atom. The number of ether oxygens (including phenoxy) is 4. The smallest absolute Gasteiger partial charge is 0.354 e. The number of esters is 4. The zero-order valence-corrected chi connectivity index (χ0v) is 15.3. The van der Waals surface area contributed by atoms with E-state index in [0.29, 0.717) is 0 Å². The van der Waals surface area contributed by atoms with E-state index in [1.165, 1.54) is 26.2 Å². The fourth-order valence-electron chi connectivity index (χ4n) is 2.97. The molecule has 1 aliphatic carbocycles. The van der Waals surface area contributed by atoms with Gasteiger partial charge in [0.15, 0.2) is 6.10 Å². The molecule has 0 aliphatic heterocycles. The molecule has 3 unspecified atom stereocenters. The largest absolute Gasteiger partial charge is 0.466 e. The van der Waals surface area contributed by atoms with Gasteiger partial charge in [-0.05, 0) is 18.2 Å². The van der Waals surface area contributed by atoms with Gasteiger partial charge in [0.1, 0.15) is 11.9 Å². The van der Waals surface area contributed by atoms with Gasteiger partial charge in [-0.3, -0.25) is 14.4 Å². The lowest BCUT2D eigenvalue weighted by Gasteiger charge is -2.39. The summed E-state index contributed by atoms with van der Waals surface area (Å²) in [6, 6.07) is 3.15. The van der Waals surface area contributed by atoms with Crippen molar-refractivity contribution >= 4 is 29.5 Å². The van der Waals surface area contributed by atoms with Crippen LogP contribution >= 0.6 is 0 Å². The maximum absolute atomic E-state index is 12.5. The molecule has 27 heavy (non-hydrogen) atoms. The highest BCUT2D eigenvalue weighted by molar-refractivity contribution is 5.89. The maximum Gasteiger partial charge on any atom is 0.354 e. The van der Waals surface area contributed by atoms with E-state index in [0.717, 1.165) is 14.0 Å². The van der Waals surface area contributed by atoms with Gasteiger partial charge in [-0.1, -0.05) is 0 Å². The Morgan fingerprint density at radius 2 is 1.74 bits per heavy atom. The first-order chi connectivity index (χ1) is 12.7. The van der Waals surface area contributed by atoms with Crippen LogP contribution in [0, 0.1) is 0 Å². The Labute approximate surface area is 155 Å². The third kappa shape index (κ3) is 4.55. The van der Waals surface area contributed by atoms with Crippen LogP contribution in [0.2, 0.25) is 0 Å². The van der Waals surface area contributed by atoms with Crippen LogP contribution in [-0.4, -0.2) is 48.8 Å². The predicted molar refractivity (Wildman–Crippen MR) is 88.9 cm³/mol. The van der Waals surface area contributed by atoms with Crippen LogP contribution in [0.5, 0.6) is 0 Å². The SMILES string of the molecule is COC(=O)C1(OC(C)=O)C=C(c2ccco2)C(OC(C)=O)C(OC(C)=O)C1. The van der Waals surface area contributed by atoms with Gasteiger partial charge in [-0.2, -0.15) is 0 Å².